The number of fused-ring (bicyclic) bond motifs is 1. The SMILES string of the molecule is CC(CN1CCc2ccc(F)cc21)C(=O)c1ccccc1. The molecule has 1 heterocycles. The van der Waals surface area contributed by atoms with Crippen molar-refractivity contribution in [3.8, 4) is 0 Å². The molecule has 0 aromatic heterocycles. The second-order valence-corrected chi connectivity index (χ2v) is 5.60. The Morgan fingerprint density at radius 2 is 2.00 bits per heavy atom. The fourth-order valence-electron chi connectivity index (χ4n) is 2.91. The van der Waals surface area contributed by atoms with Crippen LogP contribution >= 0.6 is 0 Å². The van der Waals surface area contributed by atoms with Gasteiger partial charge in [0.1, 0.15) is 5.82 Å². The molecule has 0 bridgehead atoms. The molecule has 3 rings (SSSR count). The molecule has 0 amide bonds. The summed E-state index contributed by atoms with van der Waals surface area (Å²) in [4.78, 5) is 14.5. The van der Waals surface area contributed by atoms with Crippen LogP contribution in [-0.2, 0) is 6.42 Å². The highest BCUT2D eigenvalue weighted by Crippen LogP contribution is 2.29. The lowest BCUT2D eigenvalue weighted by Crippen LogP contribution is -2.30. The van der Waals surface area contributed by atoms with Crippen LogP contribution in [0.15, 0.2) is 48.5 Å². The zero-order valence-electron chi connectivity index (χ0n) is 12.1. The predicted octanol–water partition coefficient (Wildman–Crippen LogP) is 3.71. The number of carbonyl (C=O) groups is 1. The summed E-state index contributed by atoms with van der Waals surface area (Å²) in [5, 5.41) is 0. The van der Waals surface area contributed by atoms with Crippen molar-refractivity contribution in [2.45, 2.75) is 13.3 Å². The maximum absolute atomic E-state index is 13.4. The summed E-state index contributed by atoms with van der Waals surface area (Å²) in [6, 6.07) is 14.3. The minimum absolute atomic E-state index is 0.110. The molecular formula is C18H18FNO. The fraction of sp³-hybridized carbons (Fsp3) is 0.278. The van der Waals surface area contributed by atoms with Crippen molar-refractivity contribution in [1.29, 1.82) is 0 Å². The van der Waals surface area contributed by atoms with E-state index in [0.717, 1.165) is 29.8 Å². The van der Waals surface area contributed by atoms with Gasteiger partial charge in [-0.25, -0.2) is 4.39 Å². The second-order valence-electron chi connectivity index (χ2n) is 5.60. The standard InChI is InChI=1S/C18H18FNO/c1-13(18(21)15-5-3-2-4-6-15)12-20-10-9-14-7-8-16(19)11-17(14)20/h2-8,11,13H,9-10,12H2,1H3. The molecule has 2 aromatic carbocycles. The topological polar surface area (TPSA) is 20.3 Å². The number of benzene rings is 2. The van der Waals surface area contributed by atoms with Crippen LogP contribution in [0.5, 0.6) is 0 Å². The first-order chi connectivity index (χ1) is 10.1. The van der Waals surface area contributed by atoms with E-state index in [-0.39, 0.29) is 17.5 Å². The largest absolute Gasteiger partial charge is 0.370 e. The Hall–Kier alpha value is -2.16. The molecule has 1 atom stereocenters. The van der Waals surface area contributed by atoms with E-state index < -0.39 is 0 Å². The van der Waals surface area contributed by atoms with Gasteiger partial charge in [0.25, 0.3) is 0 Å². The van der Waals surface area contributed by atoms with E-state index in [1.54, 1.807) is 6.07 Å². The molecule has 0 saturated carbocycles. The van der Waals surface area contributed by atoms with E-state index in [2.05, 4.69) is 4.90 Å². The average molecular weight is 283 g/mol. The van der Waals surface area contributed by atoms with Crippen molar-refractivity contribution < 1.29 is 9.18 Å². The van der Waals surface area contributed by atoms with Crippen LogP contribution < -0.4 is 4.90 Å². The van der Waals surface area contributed by atoms with Crippen molar-refractivity contribution in [3.63, 3.8) is 0 Å². The van der Waals surface area contributed by atoms with Crippen molar-refractivity contribution >= 4 is 11.5 Å². The highest BCUT2D eigenvalue weighted by Gasteiger charge is 2.24. The average Bonchev–Trinajstić information content (AvgIpc) is 2.89. The van der Waals surface area contributed by atoms with Crippen LogP contribution in [0.1, 0.15) is 22.8 Å². The summed E-state index contributed by atoms with van der Waals surface area (Å²) in [5.74, 6) is -0.190. The number of carbonyl (C=O) groups excluding carboxylic acids is 1. The van der Waals surface area contributed by atoms with Crippen LogP contribution in [0.4, 0.5) is 10.1 Å². The Balaban J connectivity index is 1.74. The van der Waals surface area contributed by atoms with Gasteiger partial charge in [-0.15, -0.1) is 0 Å². The third kappa shape index (κ3) is 2.82. The van der Waals surface area contributed by atoms with Crippen LogP contribution in [0.25, 0.3) is 0 Å². The number of hydrogen-bond donors (Lipinski definition) is 0. The Labute approximate surface area is 124 Å². The van der Waals surface area contributed by atoms with Crippen LogP contribution in [0.2, 0.25) is 0 Å². The molecule has 0 N–H and O–H groups in total. The van der Waals surface area contributed by atoms with Gasteiger partial charge < -0.3 is 4.90 Å². The lowest BCUT2D eigenvalue weighted by atomic mass is 9.99. The van der Waals surface area contributed by atoms with E-state index in [0.29, 0.717) is 6.54 Å². The van der Waals surface area contributed by atoms with Crippen LogP contribution in [0, 0.1) is 11.7 Å². The van der Waals surface area contributed by atoms with Crippen molar-refractivity contribution in [2.24, 2.45) is 5.92 Å². The van der Waals surface area contributed by atoms with Gasteiger partial charge >= 0.3 is 0 Å². The summed E-state index contributed by atoms with van der Waals surface area (Å²) in [7, 11) is 0. The summed E-state index contributed by atoms with van der Waals surface area (Å²) < 4.78 is 13.4. The summed E-state index contributed by atoms with van der Waals surface area (Å²) in [5.41, 5.74) is 2.84. The number of rotatable bonds is 4. The first-order valence-corrected chi connectivity index (χ1v) is 7.28. The normalized spacial score (nSPS) is 14.9. The van der Waals surface area contributed by atoms with Gasteiger partial charge in [-0.05, 0) is 24.1 Å². The molecule has 0 saturated heterocycles. The summed E-state index contributed by atoms with van der Waals surface area (Å²) in [6.45, 7) is 3.42. The van der Waals surface area contributed by atoms with Crippen LogP contribution in [-0.4, -0.2) is 18.9 Å². The van der Waals surface area contributed by atoms with Crippen molar-refractivity contribution in [3.05, 3.63) is 65.5 Å². The maximum atomic E-state index is 13.4. The molecule has 1 unspecified atom stereocenters. The number of hydrogen-bond acceptors (Lipinski definition) is 2. The van der Waals surface area contributed by atoms with Gasteiger partial charge in [0.2, 0.25) is 0 Å². The molecule has 0 fully saturated rings. The van der Waals surface area contributed by atoms with E-state index in [9.17, 15) is 9.18 Å². The maximum Gasteiger partial charge on any atom is 0.167 e. The third-order valence-electron chi connectivity index (χ3n) is 4.04. The monoisotopic (exact) mass is 283 g/mol. The summed E-state index contributed by atoms with van der Waals surface area (Å²) >= 11 is 0. The fourth-order valence-corrected chi connectivity index (χ4v) is 2.91. The Kier molecular flexibility index (Phi) is 3.74. The quantitative estimate of drug-likeness (QED) is 0.797. The van der Waals surface area contributed by atoms with Gasteiger partial charge in [-0.2, -0.15) is 0 Å². The van der Waals surface area contributed by atoms with E-state index >= 15 is 0 Å². The molecular weight excluding hydrogens is 265 g/mol. The molecule has 1 aliphatic heterocycles. The molecule has 0 spiro atoms. The zero-order chi connectivity index (χ0) is 14.8. The molecule has 21 heavy (non-hydrogen) atoms. The highest BCUT2D eigenvalue weighted by molar-refractivity contribution is 5.98. The number of anilines is 1. The Bertz CT molecular complexity index is 654. The first-order valence-electron chi connectivity index (χ1n) is 7.28. The molecule has 3 heteroatoms. The number of nitrogens with zero attached hydrogens (tertiary/aromatic N) is 1. The van der Waals surface area contributed by atoms with Crippen molar-refractivity contribution in [1.82, 2.24) is 0 Å². The predicted molar refractivity (Wildman–Crippen MR) is 82.3 cm³/mol. The number of ketones is 1. The van der Waals surface area contributed by atoms with Gasteiger partial charge in [0.15, 0.2) is 5.78 Å². The molecule has 2 nitrogen and oxygen atoms in total. The highest BCUT2D eigenvalue weighted by atomic mass is 19.1. The first kappa shape index (κ1) is 13.8. The molecule has 2 aromatic rings. The lowest BCUT2D eigenvalue weighted by molar-refractivity contribution is 0.0933. The molecule has 0 radical (unpaired) electrons. The summed E-state index contributed by atoms with van der Waals surface area (Å²) in [6.07, 6.45) is 0.919. The molecule has 108 valence electrons. The number of halogens is 1. The van der Waals surface area contributed by atoms with Gasteiger partial charge in [-0.1, -0.05) is 43.3 Å². The van der Waals surface area contributed by atoms with Crippen LogP contribution in [0.3, 0.4) is 0 Å². The third-order valence-corrected chi connectivity index (χ3v) is 4.04. The minimum atomic E-state index is -0.220. The lowest BCUT2D eigenvalue weighted by Gasteiger charge is -2.23. The molecule has 1 aliphatic rings. The van der Waals surface area contributed by atoms with Gasteiger partial charge in [-0.3, -0.25) is 4.79 Å². The smallest absolute Gasteiger partial charge is 0.167 e. The zero-order valence-corrected chi connectivity index (χ0v) is 12.1. The van der Waals surface area contributed by atoms with Crippen molar-refractivity contribution in [2.75, 3.05) is 18.0 Å². The Morgan fingerprint density at radius 1 is 1.24 bits per heavy atom. The minimum Gasteiger partial charge on any atom is -0.370 e. The van der Waals surface area contributed by atoms with E-state index in [4.69, 9.17) is 0 Å². The second kappa shape index (κ2) is 5.68. The van der Waals surface area contributed by atoms with E-state index in [1.165, 1.54) is 6.07 Å². The molecule has 0 aliphatic carbocycles. The number of Topliss-reactive ketones (excluding diaryl/α,β-unsaturated/α-hetero) is 1. The Morgan fingerprint density at radius 3 is 2.76 bits per heavy atom. The van der Waals surface area contributed by atoms with E-state index in [1.807, 2.05) is 43.3 Å². The van der Waals surface area contributed by atoms with Gasteiger partial charge in [0.05, 0.1) is 0 Å². The van der Waals surface area contributed by atoms with Gasteiger partial charge in [0, 0.05) is 30.3 Å².